The summed E-state index contributed by atoms with van der Waals surface area (Å²) in [6.07, 6.45) is 0.393. The van der Waals surface area contributed by atoms with E-state index >= 15 is 0 Å². The third kappa shape index (κ3) is 2.40. The zero-order chi connectivity index (χ0) is 10.4. The van der Waals surface area contributed by atoms with Gasteiger partial charge in [-0.2, -0.15) is 5.26 Å². The van der Waals surface area contributed by atoms with Crippen molar-refractivity contribution < 1.29 is 9.47 Å². The topological polar surface area (TPSA) is 42.2 Å². The third-order valence-corrected chi connectivity index (χ3v) is 1.81. The van der Waals surface area contributed by atoms with Crippen LogP contribution in [0.4, 0.5) is 0 Å². The van der Waals surface area contributed by atoms with Gasteiger partial charge in [0.15, 0.2) is 11.5 Å². The first-order valence-electron chi connectivity index (χ1n) is 4.48. The second kappa shape index (κ2) is 5.13. The minimum atomic E-state index is 0.393. The van der Waals surface area contributed by atoms with E-state index in [2.05, 4.69) is 6.07 Å². The number of rotatable bonds is 4. The van der Waals surface area contributed by atoms with Crippen molar-refractivity contribution in [3.63, 3.8) is 0 Å². The number of hydrogen-bond donors (Lipinski definition) is 0. The molecule has 0 fully saturated rings. The van der Waals surface area contributed by atoms with Gasteiger partial charge in [-0.25, -0.2) is 0 Å². The van der Waals surface area contributed by atoms with Crippen LogP contribution < -0.4 is 9.47 Å². The van der Waals surface area contributed by atoms with E-state index in [-0.39, 0.29) is 0 Å². The molecule has 0 aromatic heterocycles. The molecule has 3 heteroatoms. The van der Waals surface area contributed by atoms with Crippen molar-refractivity contribution in [3.05, 3.63) is 23.8 Å². The van der Waals surface area contributed by atoms with Gasteiger partial charge in [0.25, 0.3) is 0 Å². The Morgan fingerprint density at radius 2 is 2.14 bits per heavy atom. The largest absolute Gasteiger partial charge is 0.493 e. The fraction of sp³-hybridized carbons (Fsp3) is 0.364. The maximum Gasteiger partial charge on any atom is 0.161 e. The van der Waals surface area contributed by atoms with E-state index in [0.29, 0.717) is 24.5 Å². The van der Waals surface area contributed by atoms with E-state index in [9.17, 15) is 0 Å². The second-order valence-electron chi connectivity index (χ2n) is 2.75. The predicted molar refractivity (Wildman–Crippen MR) is 53.5 cm³/mol. The first-order chi connectivity index (χ1) is 6.81. The highest BCUT2D eigenvalue weighted by atomic mass is 16.5. The Morgan fingerprint density at radius 3 is 2.71 bits per heavy atom. The molecule has 1 rings (SSSR count). The van der Waals surface area contributed by atoms with Gasteiger partial charge in [0.1, 0.15) is 0 Å². The summed E-state index contributed by atoms with van der Waals surface area (Å²) in [5.74, 6) is 1.40. The predicted octanol–water partition coefficient (Wildman–Crippen LogP) is 2.16. The van der Waals surface area contributed by atoms with Crippen LogP contribution in [0.3, 0.4) is 0 Å². The number of methoxy groups -OCH3 is 1. The van der Waals surface area contributed by atoms with Gasteiger partial charge in [-0.15, -0.1) is 0 Å². The van der Waals surface area contributed by atoms with Crippen LogP contribution in [0.15, 0.2) is 18.2 Å². The maximum absolute atomic E-state index is 8.54. The summed E-state index contributed by atoms with van der Waals surface area (Å²) in [4.78, 5) is 0. The van der Waals surface area contributed by atoms with Crippen LogP contribution in [0, 0.1) is 11.3 Å². The molecule has 0 unspecified atom stereocenters. The Balaban J connectivity index is 2.96. The molecule has 1 aromatic carbocycles. The third-order valence-electron chi connectivity index (χ3n) is 1.81. The molecule has 0 aliphatic rings. The molecule has 74 valence electrons. The molecule has 1 aromatic rings. The summed E-state index contributed by atoms with van der Waals surface area (Å²) in [6, 6.07) is 7.62. The molecule has 0 aliphatic heterocycles. The number of hydrogen-bond acceptors (Lipinski definition) is 3. The molecule has 0 saturated heterocycles. The molecule has 0 atom stereocenters. The molecule has 0 heterocycles. The van der Waals surface area contributed by atoms with Crippen molar-refractivity contribution in [1.82, 2.24) is 0 Å². The van der Waals surface area contributed by atoms with Gasteiger partial charge >= 0.3 is 0 Å². The average molecular weight is 191 g/mol. The Labute approximate surface area is 83.9 Å². The summed E-state index contributed by atoms with van der Waals surface area (Å²) < 4.78 is 10.5. The highest BCUT2D eigenvalue weighted by Crippen LogP contribution is 2.27. The molecule has 0 N–H and O–H groups in total. The Bertz CT molecular complexity index is 342. The number of benzene rings is 1. The van der Waals surface area contributed by atoms with Crippen LogP contribution in [0.25, 0.3) is 0 Å². The van der Waals surface area contributed by atoms with Crippen molar-refractivity contribution in [2.45, 2.75) is 13.3 Å². The summed E-state index contributed by atoms with van der Waals surface area (Å²) in [5.41, 5.74) is 0.941. The molecular weight excluding hydrogens is 178 g/mol. The van der Waals surface area contributed by atoms with Crippen LogP contribution in [-0.4, -0.2) is 13.7 Å². The summed E-state index contributed by atoms with van der Waals surface area (Å²) in [6.45, 7) is 2.50. The van der Waals surface area contributed by atoms with E-state index in [0.717, 1.165) is 5.56 Å². The van der Waals surface area contributed by atoms with Gasteiger partial charge in [0.2, 0.25) is 0 Å². The molecule has 14 heavy (non-hydrogen) atoms. The van der Waals surface area contributed by atoms with Crippen molar-refractivity contribution >= 4 is 0 Å². The maximum atomic E-state index is 8.54. The summed E-state index contributed by atoms with van der Waals surface area (Å²) >= 11 is 0. The van der Waals surface area contributed by atoms with Crippen LogP contribution in [0.1, 0.15) is 12.5 Å². The van der Waals surface area contributed by atoms with Crippen molar-refractivity contribution in [1.29, 1.82) is 5.26 Å². The van der Waals surface area contributed by atoms with Gasteiger partial charge in [-0.3, -0.25) is 0 Å². The van der Waals surface area contributed by atoms with Crippen molar-refractivity contribution in [3.8, 4) is 17.6 Å². The quantitative estimate of drug-likeness (QED) is 0.732. The molecule has 0 radical (unpaired) electrons. The molecule has 0 saturated carbocycles. The lowest BCUT2D eigenvalue weighted by atomic mass is 10.1. The fourth-order valence-corrected chi connectivity index (χ4v) is 1.19. The highest BCUT2D eigenvalue weighted by Gasteiger charge is 2.04. The molecule has 3 nitrogen and oxygen atoms in total. The van der Waals surface area contributed by atoms with Gasteiger partial charge in [0, 0.05) is 0 Å². The molecular formula is C11H13NO2. The van der Waals surface area contributed by atoms with Crippen LogP contribution in [0.2, 0.25) is 0 Å². The fourth-order valence-electron chi connectivity index (χ4n) is 1.19. The van der Waals surface area contributed by atoms with Gasteiger partial charge < -0.3 is 9.47 Å². The van der Waals surface area contributed by atoms with E-state index in [1.165, 1.54) is 0 Å². The molecule has 0 amide bonds. The van der Waals surface area contributed by atoms with Crippen LogP contribution in [-0.2, 0) is 6.42 Å². The van der Waals surface area contributed by atoms with Gasteiger partial charge in [-0.05, 0) is 24.6 Å². The number of ether oxygens (including phenoxy) is 2. The normalized spacial score (nSPS) is 9.21. The lowest BCUT2D eigenvalue weighted by Gasteiger charge is -2.09. The summed E-state index contributed by atoms with van der Waals surface area (Å²) in [5, 5.41) is 8.54. The minimum Gasteiger partial charge on any atom is -0.493 e. The standard InChI is InChI=1S/C11H13NO2/c1-3-14-11-8-9(6-7-12)4-5-10(11)13-2/h4-5,8H,3,6H2,1-2H3. The number of nitriles is 1. The highest BCUT2D eigenvalue weighted by molar-refractivity contribution is 5.43. The number of nitrogens with zero attached hydrogens (tertiary/aromatic N) is 1. The molecule has 0 spiro atoms. The van der Waals surface area contributed by atoms with E-state index in [1.54, 1.807) is 7.11 Å². The second-order valence-corrected chi connectivity index (χ2v) is 2.75. The van der Waals surface area contributed by atoms with Crippen LogP contribution in [0.5, 0.6) is 11.5 Å². The Hall–Kier alpha value is -1.69. The molecule has 0 aliphatic carbocycles. The molecule has 0 bridgehead atoms. The zero-order valence-electron chi connectivity index (χ0n) is 8.41. The monoisotopic (exact) mass is 191 g/mol. The summed E-state index contributed by atoms with van der Waals surface area (Å²) in [7, 11) is 1.60. The Morgan fingerprint density at radius 1 is 1.36 bits per heavy atom. The van der Waals surface area contributed by atoms with E-state index in [4.69, 9.17) is 14.7 Å². The zero-order valence-corrected chi connectivity index (χ0v) is 8.41. The van der Waals surface area contributed by atoms with E-state index in [1.807, 2.05) is 25.1 Å². The minimum absolute atomic E-state index is 0.393. The van der Waals surface area contributed by atoms with E-state index < -0.39 is 0 Å². The lowest BCUT2D eigenvalue weighted by Crippen LogP contribution is -1.96. The van der Waals surface area contributed by atoms with Gasteiger partial charge in [-0.1, -0.05) is 6.07 Å². The lowest BCUT2D eigenvalue weighted by molar-refractivity contribution is 0.310. The average Bonchev–Trinajstić information content (AvgIpc) is 2.19. The smallest absolute Gasteiger partial charge is 0.161 e. The van der Waals surface area contributed by atoms with Crippen molar-refractivity contribution in [2.24, 2.45) is 0 Å². The first-order valence-corrected chi connectivity index (χ1v) is 4.48. The van der Waals surface area contributed by atoms with Gasteiger partial charge in [0.05, 0.1) is 26.2 Å². The first kappa shape index (κ1) is 10.4. The van der Waals surface area contributed by atoms with Crippen molar-refractivity contribution in [2.75, 3.05) is 13.7 Å². The van der Waals surface area contributed by atoms with Crippen LogP contribution >= 0.6 is 0 Å². The Kier molecular flexibility index (Phi) is 3.81. The SMILES string of the molecule is CCOc1cc(CC#N)ccc1OC.